The minimum absolute atomic E-state index is 0.135. The standard InChI is InChI=1S/C12H16ClFN4/c1-7-9(18-5-4-16-12(18)15)6-8(14)10(13)11(7)17(2)3/h6H,4-5H2,1-3H3,(H2,15,16). The van der Waals surface area contributed by atoms with Crippen molar-refractivity contribution >= 4 is 28.9 Å². The molecule has 1 aliphatic heterocycles. The average Bonchev–Trinajstić information content (AvgIpc) is 2.70. The van der Waals surface area contributed by atoms with Crippen molar-refractivity contribution in [1.82, 2.24) is 0 Å². The first-order chi connectivity index (χ1) is 8.43. The van der Waals surface area contributed by atoms with Crippen molar-refractivity contribution in [3.05, 3.63) is 22.5 Å². The third-order valence-corrected chi connectivity index (χ3v) is 3.39. The molecule has 0 amide bonds. The quantitative estimate of drug-likeness (QED) is 0.894. The summed E-state index contributed by atoms with van der Waals surface area (Å²) in [6, 6.07) is 1.42. The molecule has 2 N–H and O–H groups in total. The van der Waals surface area contributed by atoms with Gasteiger partial charge in [0.1, 0.15) is 10.8 Å². The molecule has 0 saturated heterocycles. The van der Waals surface area contributed by atoms with Crippen LogP contribution in [0.1, 0.15) is 5.56 Å². The van der Waals surface area contributed by atoms with Crippen molar-refractivity contribution < 1.29 is 4.39 Å². The van der Waals surface area contributed by atoms with E-state index < -0.39 is 5.82 Å². The van der Waals surface area contributed by atoms with Crippen molar-refractivity contribution in [2.75, 3.05) is 37.0 Å². The Morgan fingerprint density at radius 1 is 1.50 bits per heavy atom. The van der Waals surface area contributed by atoms with Crippen LogP contribution in [-0.4, -0.2) is 33.1 Å². The zero-order valence-electron chi connectivity index (χ0n) is 10.7. The van der Waals surface area contributed by atoms with Gasteiger partial charge in [-0.25, -0.2) is 4.39 Å². The van der Waals surface area contributed by atoms with Crippen molar-refractivity contribution in [1.29, 1.82) is 0 Å². The van der Waals surface area contributed by atoms with E-state index in [0.29, 0.717) is 24.7 Å². The van der Waals surface area contributed by atoms with Gasteiger partial charge < -0.3 is 15.5 Å². The summed E-state index contributed by atoms with van der Waals surface area (Å²) in [6.45, 7) is 3.20. The van der Waals surface area contributed by atoms with Crippen molar-refractivity contribution in [3.63, 3.8) is 0 Å². The largest absolute Gasteiger partial charge is 0.376 e. The lowest BCUT2D eigenvalue weighted by molar-refractivity contribution is 0.627. The van der Waals surface area contributed by atoms with E-state index in [2.05, 4.69) is 4.99 Å². The first kappa shape index (κ1) is 13.0. The normalized spacial score (nSPS) is 14.9. The summed E-state index contributed by atoms with van der Waals surface area (Å²) in [5.74, 6) is -0.0230. The molecule has 98 valence electrons. The van der Waals surface area contributed by atoms with Crippen molar-refractivity contribution in [3.8, 4) is 0 Å². The molecule has 0 aliphatic carbocycles. The van der Waals surface area contributed by atoms with Gasteiger partial charge in [0.15, 0.2) is 5.96 Å². The fraction of sp³-hybridized carbons (Fsp3) is 0.417. The molecule has 1 heterocycles. The number of aliphatic imine (C=N–C) groups is 1. The van der Waals surface area contributed by atoms with Gasteiger partial charge in [0.2, 0.25) is 0 Å². The van der Waals surface area contributed by atoms with Gasteiger partial charge in [-0.15, -0.1) is 0 Å². The monoisotopic (exact) mass is 270 g/mol. The zero-order chi connectivity index (χ0) is 13.4. The second-order valence-electron chi connectivity index (χ2n) is 4.45. The fourth-order valence-electron chi connectivity index (χ4n) is 2.21. The smallest absolute Gasteiger partial charge is 0.195 e. The summed E-state index contributed by atoms with van der Waals surface area (Å²) < 4.78 is 13.9. The Morgan fingerprint density at radius 3 is 2.67 bits per heavy atom. The number of nitrogens with two attached hydrogens (primary N) is 1. The summed E-state index contributed by atoms with van der Waals surface area (Å²) in [6.07, 6.45) is 0. The van der Waals surface area contributed by atoms with E-state index in [9.17, 15) is 4.39 Å². The molecule has 0 fully saturated rings. The molecule has 1 aromatic carbocycles. The Bertz CT molecular complexity index is 513. The summed E-state index contributed by atoms with van der Waals surface area (Å²) >= 11 is 6.01. The van der Waals surface area contributed by atoms with Gasteiger partial charge >= 0.3 is 0 Å². The van der Waals surface area contributed by atoms with Crippen LogP contribution in [-0.2, 0) is 0 Å². The second kappa shape index (κ2) is 4.65. The van der Waals surface area contributed by atoms with Crippen LogP contribution in [0.5, 0.6) is 0 Å². The summed E-state index contributed by atoms with van der Waals surface area (Å²) in [5, 5.41) is 0.135. The molecule has 0 saturated carbocycles. The maximum Gasteiger partial charge on any atom is 0.195 e. The van der Waals surface area contributed by atoms with E-state index in [4.69, 9.17) is 17.3 Å². The van der Waals surface area contributed by atoms with Gasteiger partial charge in [-0.05, 0) is 18.6 Å². The van der Waals surface area contributed by atoms with Crippen LogP contribution < -0.4 is 15.5 Å². The maximum absolute atomic E-state index is 13.9. The minimum atomic E-state index is -0.444. The minimum Gasteiger partial charge on any atom is -0.376 e. The second-order valence-corrected chi connectivity index (χ2v) is 4.83. The predicted molar refractivity (Wildman–Crippen MR) is 74.3 cm³/mol. The predicted octanol–water partition coefficient (Wildman–Crippen LogP) is 1.99. The highest BCUT2D eigenvalue weighted by atomic mass is 35.5. The fourth-order valence-corrected chi connectivity index (χ4v) is 2.58. The van der Waals surface area contributed by atoms with E-state index in [0.717, 1.165) is 11.3 Å². The van der Waals surface area contributed by atoms with E-state index in [1.54, 1.807) is 4.90 Å². The molecule has 1 aliphatic rings. The Balaban J connectivity index is 2.59. The third kappa shape index (κ3) is 1.99. The highest BCUT2D eigenvalue weighted by molar-refractivity contribution is 6.33. The number of rotatable bonds is 2. The number of guanidine groups is 1. The Kier molecular flexibility index (Phi) is 3.34. The van der Waals surface area contributed by atoms with Gasteiger partial charge in [-0.3, -0.25) is 4.99 Å². The lowest BCUT2D eigenvalue weighted by atomic mass is 10.1. The molecule has 0 aromatic heterocycles. The molecular formula is C12H16ClFN4. The first-order valence-electron chi connectivity index (χ1n) is 5.67. The Morgan fingerprint density at radius 2 is 2.17 bits per heavy atom. The van der Waals surface area contributed by atoms with Crippen molar-refractivity contribution in [2.24, 2.45) is 10.7 Å². The van der Waals surface area contributed by atoms with Crippen LogP contribution in [0.25, 0.3) is 0 Å². The third-order valence-electron chi connectivity index (χ3n) is 3.03. The molecule has 0 bridgehead atoms. The highest BCUT2D eigenvalue weighted by Crippen LogP contribution is 2.37. The van der Waals surface area contributed by atoms with Crippen LogP contribution in [0.3, 0.4) is 0 Å². The molecular weight excluding hydrogens is 255 g/mol. The number of hydrogen-bond acceptors (Lipinski definition) is 4. The lowest BCUT2D eigenvalue weighted by Gasteiger charge is -2.25. The highest BCUT2D eigenvalue weighted by Gasteiger charge is 2.23. The SMILES string of the molecule is Cc1c(N2CCN=C2N)cc(F)c(Cl)c1N(C)C. The Hall–Kier alpha value is -1.49. The van der Waals surface area contributed by atoms with Crippen LogP contribution in [0.4, 0.5) is 15.8 Å². The topological polar surface area (TPSA) is 44.9 Å². The zero-order valence-corrected chi connectivity index (χ0v) is 11.4. The average molecular weight is 271 g/mol. The molecule has 0 radical (unpaired) electrons. The summed E-state index contributed by atoms with van der Waals surface area (Å²) in [5.41, 5.74) is 8.09. The molecule has 0 atom stereocenters. The Labute approximate surface area is 111 Å². The van der Waals surface area contributed by atoms with E-state index in [-0.39, 0.29) is 5.02 Å². The molecule has 0 unspecified atom stereocenters. The van der Waals surface area contributed by atoms with Gasteiger partial charge in [-0.2, -0.15) is 0 Å². The van der Waals surface area contributed by atoms with Crippen LogP contribution in [0, 0.1) is 12.7 Å². The molecule has 4 nitrogen and oxygen atoms in total. The number of benzene rings is 1. The summed E-state index contributed by atoms with van der Waals surface area (Å²) in [4.78, 5) is 7.72. The van der Waals surface area contributed by atoms with Crippen LogP contribution >= 0.6 is 11.6 Å². The van der Waals surface area contributed by atoms with E-state index >= 15 is 0 Å². The number of hydrogen-bond donors (Lipinski definition) is 1. The van der Waals surface area contributed by atoms with Gasteiger partial charge in [0, 0.05) is 20.6 Å². The van der Waals surface area contributed by atoms with Crippen molar-refractivity contribution in [2.45, 2.75) is 6.92 Å². The van der Waals surface area contributed by atoms with E-state index in [1.807, 2.05) is 25.9 Å². The number of nitrogens with zero attached hydrogens (tertiary/aromatic N) is 3. The molecule has 2 rings (SSSR count). The van der Waals surface area contributed by atoms with Gasteiger partial charge in [-0.1, -0.05) is 11.6 Å². The molecule has 6 heteroatoms. The number of halogens is 2. The van der Waals surface area contributed by atoms with E-state index in [1.165, 1.54) is 6.07 Å². The van der Waals surface area contributed by atoms with Gasteiger partial charge in [0.25, 0.3) is 0 Å². The molecule has 0 spiro atoms. The molecule has 18 heavy (non-hydrogen) atoms. The summed E-state index contributed by atoms with van der Waals surface area (Å²) in [7, 11) is 3.66. The number of anilines is 2. The van der Waals surface area contributed by atoms with Crippen LogP contribution in [0.2, 0.25) is 5.02 Å². The maximum atomic E-state index is 13.9. The molecule has 1 aromatic rings. The first-order valence-corrected chi connectivity index (χ1v) is 6.04. The van der Waals surface area contributed by atoms with Gasteiger partial charge in [0.05, 0.1) is 17.9 Å². The van der Waals surface area contributed by atoms with Crippen LogP contribution in [0.15, 0.2) is 11.1 Å². The lowest BCUT2D eigenvalue weighted by Crippen LogP contribution is -2.34.